The second kappa shape index (κ2) is 11.1. The molecule has 0 saturated carbocycles. The first-order valence-electron chi connectivity index (χ1n) is 13.1. The van der Waals surface area contributed by atoms with E-state index < -0.39 is 0 Å². The largest absolute Gasteiger partial charge is 0.457 e. The third-order valence-electron chi connectivity index (χ3n) is 6.68. The predicted octanol–water partition coefficient (Wildman–Crippen LogP) is 9.44. The number of nitrogens with two attached hydrogens (primary N) is 2. The maximum Gasteiger partial charge on any atom is 0.135 e. The molecule has 6 aromatic rings. The van der Waals surface area contributed by atoms with Crippen molar-refractivity contribution in [3.8, 4) is 56.4 Å². The predicted molar refractivity (Wildman–Crippen MR) is 165 cm³/mol. The van der Waals surface area contributed by atoms with Crippen molar-refractivity contribution in [2.45, 2.75) is 0 Å². The summed E-state index contributed by atoms with van der Waals surface area (Å²) >= 11 is 0. The molecule has 0 atom stereocenters. The average Bonchev–Trinajstić information content (AvgIpc) is 3.00. The molecule has 0 radical (unpaired) electrons. The summed E-state index contributed by atoms with van der Waals surface area (Å²) in [6.45, 7) is 0. The minimum Gasteiger partial charge on any atom is -0.457 e. The molecule has 0 unspecified atom stereocenters. The Morgan fingerprint density at radius 3 is 1.32 bits per heavy atom. The Balaban J connectivity index is 1.48. The van der Waals surface area contributed by atoms with E-state index in [1.807, 2.05) is 91.0 Å². The molecule has 4 nitrogen and oxygen atoms in total. The molecule has 6 aromatic carbocycles. The van der Waals surface area contributed by atoms with Crippen molar-refractivity contribution in [3.63, 3.8) is 0 Å². The van der Waals surface area contributed by atoms with Crippen molar-refractivity contribution in [2.24, 2.45) is 0 Å². The Kier molecular flexibility index (Phi) is 6.89. The molecule has 6 rings (SSSR count). The molecule has 0 amide bonds. The fourth-order valence-electron chi connectivity index (χ4n) is 4.74. The molecule has 194 valence electrons. The lowest BCUT2D eigenvalue weighted by atomic mass is 9.87. The van der Waals surface area contributed by atoms with Crippen LogP contribution in [0.25, 0.3) is 33.4 Å². The number of hydrogen-bond acceptors (Lipinski definition) is 4. The third kappa shape index (κ3) is 5.38. The van der Waals surface area contributed by atoms with Crippen LogP contribution in [0.5, 0.6) is 23.0 Å². The highest BCUT2D eigenvalue weighted by Gasteiger charge is 2.19. The minimum absolute atomic E-state index is 0.694. The van der Waals surface area contributed by atoms with Gasteiger partial charge in [0.2, 0.25) is 0 Å². The third-order valence-corrected chi connectivity index (χ3v) is 6.68. The lowest BCUT2D eigenvalue weighted by molar-refractivity contribution is 0.483. The van der Waals surface area contributed by atoms with Crippen LogP contribution in [0.1, 0.15) is 0 Å². The van der Waals surface area contributed by atoms with Crippen LogP contribution in [0.3, 0.4) is 0 Å². The van der Waals surface area contributed by atoms with Gasteiger partial charge >= 0.3 is 0 Å². The van der Waals surface area contributed by atoms with Gasteiger partial charge in [0.15, 0.2) is 0 Å². The highest BCUT2D eigenvalue weighted by atomic mass is 16.5. The summed E-state index contributed by atoms with van der Waals surface area (Å²) in [4.78, 5) is 0. The van der Waals surface area contributed by atoms with E-state index in [0.717, 1.165) is 56.4 Å². The SMILES string of the molecule is Nc1ccc(Oc2ccc(-c3ccc(Oc4ccc(N)cc4)c(-c4ccccc4)c3-c3ccccc3)cc2)cc1. The zero-order valence-electron chi connectivity index (χ0n) is 21.8. The van der Waals surface area contributed by atoms with Crippen LogP contribution in [-0.2, 0) is 0 Å². The first-order chi connectivity index (χ1) is 19.6. The molecule has 4 heteroatoms. The molecule has 0 bridgehead atoms. The topological polar surface area (TPSA) is 70.5 Å². The van der Waals surface area contributed by atoms with Gasteiger partial charge in [0.1, 0.15) is 23.0 Å². The zero-order chi connectivity index (χ0) is 27.3. The average molecular weight is 521 g/mol. The van der Waals surface area contributed by atoms with Gasteiger partial charge in [-0.2, -0.15) is 0 Å². The van der Waals surface area contributed by atoms with Crippen molar-refractivity contribution < 1.29 is 9.47 Å². The van der Waals surface area contributed by atoms with Crippen molar-refractivity contribution >= 4 is 11.4 Å². The van der Waals surface area contributed by atoms with E-state index >= 15 is 0 Å². The molecule has 0 spiro atoms. The van der Waals surface area contributed by atoms with Gasteiger partial charge < -0.3 is 20.9 Å². The Morgan fingerprint density at radius 1 is 0.350 bits per heavy atom. The first kappa shape index (κ1) is 24.8. The van der Waals surface area contributed by atoms with Gasteiger partial charge in [0.25, 0.3) is 0 Å². The van der Waals surface area contributed by atoms with Gasteiger partial charge in [0, 0.05) is 22.5 Å². The van der Waals surface area contributed by atoms with E-state index in [1.165, 1.54) is 0 Å². The van der Waals surface area contributed by atoms with Crippen LogP contribution < -0.4 is 20.9 Å². The summed E-state index contributed by atoms with van der Waals surface area (Å²) in [6.07, 6.45) is 0. The summed E-state index contributed by atoms with van der Waals surface area (Å²) in [7, 11) is 0. The van der Waals surface area contributed by atoms with Gasteiger partial charge in [0.05, 0.1) is 0 Å². The highest BCUT2D eigenvalue weighted by molar-refractivity contribution is 5.97. The van der Waals surface area contributed by atoms with E-state index in [4.69, 9.17) is 20.9 Å². The molecule has 0 saturated heterocycles. The summed E-state index contributed by atoms with van der Waals surface area (Å²) < 4.78 is 12.5. The second-order valence-corrected chi connectivity index (χ2v) is 9.46. The molecule has 0 aliphatic carbocycles. The molecule has 0 fully saturated rings. The zero-order valence-corrected chi connectivity index (χ0v) is 21.8. The maximum atomic E-state index is 6.48. The van der Waals surface area contributed by atoms with Crippen molar-refractivity contribution in [2.75, 3.05) is 11.5 Å². The normalized spacial score (nSPS) is 10.7. The van der Waals surface area contributed by atoms with Crippen LogP contribution in [0.4, 0.5) is 11.4 Å². The van der Waals surface area contributed by atoms with Crippen LogP contribution in [0, 0.1) is 0 Å². The number of ether oxygens (including phenoxy) is 2. The molecular weight excluding hydrogens is 492 g/mol. The smallest absolute Gasteiger partial charge is 0.135 e. The summed E-state index contributed by atoms with van der Waals surface area (Å²) in [5.74, 6) is 2.98. The van der Waals surface area contributed by atoms with E-state index in [0.29, 0.717) is 11.4 Å². The van der Waals surface area contributed by atoms with Crippen molar-refractivity contribution in [1.29, 1.82) is 0 Å². The number of rotatable bonds is 7. The van der Waals surface area contributed by atoms with E-state index in [1.54, 1.807) is 0 Å². The van der Waals surface area contributed by atoms with Gasteiger partial charge in [-0.25, -0.2) is 0 Å². The van der Waals surface area contributed by atoms with Gasteiger partial charge in [-0.05, 0) is 89.0 Å². The van der Waals surface area contributed by atoms with E-state index in [2.05, 4.69) is 54.6 Å². The Morgan fingerprint density at radius 2 is 0.800 bits per heavy atom. The van der Waals surface area contributed by atoms with E-state index in [-0.39, 0.29) is 0 Å². The molecule has 40 heavy (non-hydrogen) atoms. The molecule has 0 aliphatic heterocycles. The second-order valence-electron chi connectivity index (χ2n) is 9.46. The molecule has 0 heterocycles. The fourth-order valence-corrected chi connectivity index (χ4v) is 4.74. The maximum absolute atomic E-state index is 6.48. The molecule has 0 aliphatic rings. The number of benzene rings is 6. The van der Waals surface area contributed by atoms with Gasteiger partial charge in [-0.1, -0.05) is 78.9 Å². The molecule has 0 aromatic heterocycles. The fraction of sp³-hybridized carbons (Fsp3) is 0. The quantitative estimate of drug-likeness (QED) is 0.206. The Labute approximate surface area is 234 Å². The Hall–Kier alpha value is -5.48. The van der Waals surface area contributed by atoms with Crippen molar-refractivity contribution in [1.82, 2.24) is 0 Å². The number of nitrogen functional groups attached to an aromatic ring is 2. The summed E-state index contributed by atoms with van der Waals surface area (Å²) in [5, 5.41) is 0. The highest BCUT2D eigenvalue weighted by Crippen LogP contribution is 2.46. The minimum atomic E-state index is 0.694. The number of anilines is 2. The van der Waals surface area contributed by atoms with Gasteiger partial charge in [-0.15, -0.1) is 0 Å². The lowest BCUT2D eigenvalue weighted by Crippen LogP contribution is -1.95. The van der Waals surface area contributed by atoms with E-state index in [9.17, 15) is 0 Å². The monoisotopic (exact) mass is 520 g/mol. The molecular formula is C36H28N2O2. The number of hydrogen-bond donors (Lipinski definition) is 2. The van der Waals surface area contributed by atoms with Crippen LogP contribution in [0.15, 0.2) is 146 Å². The lowest BCUT2D eigenvalue weighted by Gasteiger charge is -2.20. The summed E-state index contributed by atoms with van der Waals surface area (Å²) in [5.41, 5.74) is 19.6. The van der Waals surface area contributed by atoms with Crippen LogP contribution >= 0.6 is 0 Å². The Bertz CT molecular complexity index is 1710. The standard InChI is InChI=1S/C36H28N2O2/c37-28-13-19-31(20-14-28)39-30-17-11-25(12-18-30)33-23-24-34(40-32-21-15-29(38)16-22-32)36(27-9-5-2-6-10-27)35(33)26-7-3-1-4-8-26/h1-24H,37-38H2. The van der Waals surface area contributed by atoms with Crippen LogP contribution in [-0.4, -0.2) is 0 Å². The molecule has 4 N–H and O–H groups in total. The summed E-state index contributed by atoms with van der Waals surface area (Å²) in [6, 6.07) is 47.9. The van der Waals surface area contributed by atoms with Gasteiger partial charge in [-0.3, -0.25) is 0 Å². The van der Waals surface area contributed by atoms with Crippen molar-refractivity contribution in [3.05, 3.63) is 146 Å². The van der Waals surface area contributed by atoms with Crippen LogP contribution in [0.2, 0.25) is 0 Å². The first-order valence-corrected chi connectivity index (χ1v) is 13.1.